The smallest absolute Gasteiger partial charge is 0.305 e. The molecule has 0 saturated heterocycles. The normalized spacial score (nSPS) is 44.9. The summed E-state index contributed by atoms with van der Waals surface area (Å²) in [5.41, 5.74) is 2.34. The minimum absolute atomic E-state index is 0.0261. The Morgan fingerprint density at radius 3 is 2.72 bits per heavy atom. The van der Waals surface area contributed by atoms with E-state index in [4.69, 9.17) is 4.74 Å². The highest BCUT2D eigenvalue weighted by molar-refractivity contribution is 5.69. The van der Waals surface area contributed by atoms with E-state index < -0.39 is 0 Å². The SMILES string of the molecule is CCOC(=O)CC[C@H](C)[C@@H]1CC[C@@H]2[C@@H]3CCC4=C[C@@H](O)CC[C@]4(C)[C@H]3CC[C@@]21C. The van der Waals surface area contributed by atoms with Gasteiger partial charge >= 0.3 is 5.97 Å². The van der Waals surface area contributed by atoms with Crippen LogP contribution in [0, 0.1) is 40.4 Å². The van der Waals surface area contributed by atoms with Crippen LogP contribution in [0.2, 0.25) is 0 Å². The molecule has 8 atom stereocenters. The minimum atomic E-state index is -0.209. The molecule has 0 aromatic carbocycles. The number of allylic oxidation sites excluding steroid dienone is 1. The first-order chi connectivity index (χ1) is 13.8. The Labute approximate surface area is 177 Å². The van der Waals surface area contributed by atoms with E-state index in [1.54, 1.807) is 5.57 Å². The molecule has 0 aliphatic heterocycles. The van der Waals surface area contributed by atoms with Crippen molar-refractivity contribution in [3.05, 3.63) is 11.6 Å². The molecule has 164 valence electrons. The highest BCUT2D eigenvalue weighted by atomic mass is 16.5. The molecule has 3 saturated carbocycles. The van der Waals surface area contributed by atoms with E-state index in [1.165, 1.54) is 44.9 Å². The second kappa shape index (κ2) is 8.02. The molecule has 0 bridgehead atoms. The second-order valence-electron chi connectivity index (χ2n) is 11.2. The van der Waals surface area contributed by atoms with Crippen LogP contribution in [0.3, 0.4) is 0 Å². The van der Waals surface area contributed by atoms with Crippen LogP contribution in [-0.2, 0) is 9.53 Å². The van der Waals surface area contributed by atoms with Crippen LogP contribution in [-0.4, -0.2) is 23.8 Å². The molecule has 0 radical (unpaired) electrons. The van der Waals surface area contributed by atoms with Crippen LogP contribution in [0.4, 0.5) is 0 Å². The molecule has 0 aromatic heterocycles. The van der Waals surface area contributed by atoms with Gasteiger partial charge in [-0.25, -0.2) is 0 Å². The summed E-state index contributed by atoms with van der Waals surface area (Å²) < 4.78 is 5.16. The van der Waals surface area contributed by atoms with Gasteiger partial charge in [-0.05, 0) is 105 Å². The van der Waals surface area contributed by atoms with Gasteiger partial charge in [0.05, 0.1) is 12.7 Å². The van der Waals surface area contributed by atoms with E-state index in [1.807, 2.05) is 6.92 Å². The summed E-state index contributed by atoms with van der Waals surface area (Å²) in [6, 6.07) is 0. The molecule has 0 amide bonds. The van der Waals surface area contributed by atoms with Gasteiger partial charge < -0.3 is 9.84 Å². The van der Waals surface area contributed by atoms with Crippen LogP contribution in [0.5, 0.6) is 0 Å². The fourth-order valence-electron chi connectivity index (χ4n) is 8.47. The molecule has 29 heavy (non-hydrogen) atoms. The number of hydrogen-bond donors (Lipinski definition) is 1. The largest absolute Gasteiger partial charge is 0.466 e. The number of ether oxygens (including phenoxy) is 1. The molecule has 0 spiro atoms. The summed E-state index contributed by atoms with van der Waals surface area (Å²) in [4.78, 5) is 11.9. The van der Waals surface area contributed by atoms with E-state index in [-0.39, 0.29) is 12.1 Å². The van der Waals surface area contributed by atoms with Gasteiger partial charge in [0, 0.05) is 6.42 Å². The van der Waals surface area contributed by atoms with Gasteiger partial charge in [-0.3, -0.25) is 4.79 Å². The van der Waals surface area contributed by atoms with E-state index >= 15 is 0 Å². The van der Waals surface area contributed by atoms with Crippen molar-refractivity contribution in [3.63, 3.8) is 0 Å². The molecular formula is C26H42O3. The third-order valence-electron chi connectivity index (χ3n) is 9.96. The molecular weight excluding hydrogens is 360 g/mol. The second-order valence-corrected chi connectivity index (χ2v) is 11.2. The number of aliphatic hydroxyl groups excluding tert-OH is 1. The summed E-state index contributed by atoms with van der Waals surface area (Å²) >= 11 is 0. The van der Waals surface area contributed by atoms with Crippen molar-refractivity contribution in [2.45, 2.75) is 98.0 Å². The van der Waals surface area contributed by atoms with Crippen molar-refractivity contribution in [2.75, 3.05) is 6.61 Å². The fourth-order valence-corrected chi connectivity index (χ4v) is 8.47. The van der Waals surface area contributed by atoms with Crippen LogP contribution in [0.25, 0.3) is 0 Å². The van der Waals surface area contributed by atoms with Crippen molar-refractivity contribution in [2.24, 2.45) is 40.4 Å². The number of rotatable bonds is 5. The standard InChI is InChI=1S/C26H42O3/c1-5-29-24(28)11-6-17(2)21-9-10-22-20-8-7-18-16-19(27)12-14-25(18,3)23(20)13-15-26(21,22)4/h16-17,19-23,27H,5-15H2,1-4H3/t17-,19-,20-,21-,22+,23-,25-,26+/m0/s1. The average molecular weight is 403 g/mol. The zero-order valence-electron chi connectivity index (χ0n) is 19.1. The van der Waals surface area contributed by atoms with Gasteiger partial charge in [0.15, 0.2) is 0 Å². The molecule has 4 rings (SSSR count). The Balaban J connectivity index is 1.47. The first-order valence-corrected chi connectivity index (χ1v) is 12.3. The van der Waals surface area contributed by atoms with Crippen molar-refractivity contribution >= 4 is 5.97 Å². The molecule has 3 fully saturated rings. The molecule has 4 aliphatic rings. The predicted molar refractivity (Wildman–Crippen MR) is 116 cm³/mol. The number of aliphatic hydroxyl groups is 1. The lowest BCUT2D eigenvalue weighted by atomic mass is 9.46. The predicted octanol–water partition coefficient (Wildman–Crippen LogP) is 5.91. The summed E-state index contributed by atoms with van der Waals surface area (Å²) in [7, 11) is 0. The highest BCUT2D eigenvalue weighted by Gasteiger charge is 2.59. The van der Waals surface area contributed by atoms with Gasteiger partial charge in [-0.1, -0.05) is 32.4 Å². The van der Waals surface area contributed by atoms with Gasteiger partial charge in [0.25, 0.3) is 0 Å². The van der Waals surface area contributed by atoms with Gasteiger partial charge in [-0.2, -0.15) is 0 Å². The van der Waals surface area contributed by atoms with Gasteiger partial charge in [-0.15, -0.1) is 0 Å². The molecule has 3 nitrogen and oxygen atoms in total. The number of fused-ring (bicyclic) bond motifs is 5. The lowest BCUT2D eigenvalue weighted by Gasteiger charge is -2.59. The number of carbonyl (C=O) groups excluding carboxylic acids is 1. The van der Waals surface area contributed by atoms with E-state index in [0.29, 0.717) is 29.8 Å². The van der Waals surface area contributed by atoms with Crippen LogP contribution >= 0.6 is 0 Å². The maximum absolute atomic E-state index is 11.9. The van der Waals surface area contributed by atoms with Crippen molar-refractivity contribution in [1.29, 1.82) is 0 Å². The maximum atomic E-state index is 11.9. The Hall–Kier alpha value is -0.830. The van der Waals surface area contributed by atoms with E-state index in [0.717, 1.165) is 36.5 Å². The Morgan fingerprint density at radius 1 is 1.17 bits per heavy atom. The zero-order valence-corrected chi connectivity index (χ0v) is 19.1. The first-order valence-electron chi connectivity index (χ1n) is 12.3. The summed E-state index contributed by atoms with van der Waals surface area (Å²) in [5.74, 6) is 3.84. The first kappa shape index (κ1) is 21.4. The number of hydrogen-bond acceptors (Lipinski definition) is 3. The lowest BCUT2D eigenvalue weighted by molar-refractivity contribution is -0.143. The van der Waals surface area contributed by atoms with Crippen LogP contribution < -0.4 is 0 Å². The van der Waals surface area contributed by atoms with Crippen molar-refractivity contribution in [1.82, 2.24) is 0 Å². The molecule has 1 N–H and O–H groups in total. The van der Waals surface area contributed by atoms with Crippen LogP contribution in [0.1, 0.15) is 91.9 Å². The number of esters is 1. The van der Waals surface area contributed by atoms with Gasteiger partial charge in [0.1, 0.15) is 0 Å². The topological polar surface area (TPSA) is 46.5 Å². The third-order valence-corrected chi connectivity index (χ3v) is 9.96. The molecule has 0 heterocycles. The molecule has 3 heteroatoms. The summed E-state index contributed by atoms with van der Waals surface area (Å²) in [6.07, 6.45) is 13.6. The summed E-state index contributed by atoms with van der Waals surface area (Å²) in [5, 5.41) is 10.2. The summed E-state index contributed by atoms with van der Waals surface area (Å²) in [6.45, 7) is 9.87. The molecule has 4 aliphatic carbocycles. The Kier molecular flexibility index (Phi) is 5.92. The molecule has 0 unspecified atom stereocenters. The fraction of sp³-hybridized carbons (Fsp3) is 0.885. The molecule has 0 aromatic rings. The Bertz CT molecular complexity index is 654. The quantitative estimate of drug-likeness (QED) is 0.459. The maximum Gasteiger partial charge on any atom is 0.305 e. The van der Waals surface area contributed by atoms with E-state index in [2.05, 4.69) is 26.8 Å². The monoisotopic (exact) mass is 402 g/mol. The van der Waals surface area contributed by atoms with Gasteiger partial charge in [0.2, 0.25) is 0 Å². The number of carbonyl (C=O) groups is 1. The highest BCUT2D eigenvalue weighted by Crippen LogP contribution is 2.67. The Morgan fingerprint density at radius 2 is 1.97 bits per heavy atom. The van der Waals surface area contributed by atoms with Crippen molar-refractivity contribution < 1.29 is 14.6 Å². The third kappa shape index (κ3) is 3.60. The van der Waals surface area contributed by atoms with Crippen LogP contribution in [0.15, 0.2) is 11.6 Å². The lowest BCUT2D eigenvalue weighted by Crippen LogP contribution is -2.51. The average Bonchev–Trinajstić information content (AvgIpc) is 3.04. The zero-order chi connectivity index (χ0) is 20.8. The van der Waals surface area contributed by atoms with E-state index in [9.17, 15) is 9.90 Å². The van der Waals surface area contributed by atoms with Crippen molar-refractivity contribution in [3.8, 4) is 0 Å². The minimum Gasteiger partial charge on any atom is -0.466 e.